The van der Waals surface area contributed by atoms with Gasteiger partial charge in [-0.3, -0.25) is 4.18 Å². The molecule has 0 aliphatic carbocycles. The molecule has 1 aromatic carbocycles. The second kappa shape index (κ2) is 5.05. The first-order valence-electron chi connectivity index (χ1n) is 4.65. The van der Waals surface area contributed by atoms with E-state index in [2.05, 4.69) is 0 Å². The van der Waals surface area contributed by atoms with E-state index in [1.807, 2.05) is 23.6 Å². The van der Waals surface area contributed by atoms with Crippen molar-refractivity contribution in [1.82, 2.24) is 0 Å². The highest BCUT2D eigenvalue weighted by Crippen LogP contribution is 2.16. The van der Waals surface area contributed by atoms with E-state index in [9.17, 15) is 4.21 Å². The Bertz CT molecular complexity index is 530. The molecule has 1 atom stereocenters. The zero-order chi connectivity index (χ0) is 11.4. The molecule has 0 saturated heterocycles. The molecule has 16 heavy (non-hydrogen) atoms. The molecule has 0 aliphatic heterocycles. The molecule has 1 unspecified atom stereocenters. The van der Waals surface area contributed by atoms with Crippen LogP contribution in [0.5, 0.6) is 0 Å². The van der Waals surface area contributed by atoms with Crippen molar-refractivity contribution in [2.24, 2.45) is 0 Å². The Balaban J connectivity index is 2.10. The monoisotopic (exact) mass is 270 g/mol. The Morgan fingerprint density at radius 3 is 2.56 bits per heavy atom. The van der Waals surface area contributed by atoms with Crippen LogP contribution in [0.4, 0.5) is 0 Å². The highest BCUT2D eigenvalue weighted by atomic mass is 32.8. The largest absolute Gasteiger partial charge is 0.281 e. The van der Waals surface area contributed by atoms with E-state index in [1.165, 1.54) is 0 Å². The second-order valence-electron chi connectivity index (χ2n) is 3.11. The summed E-state index contributed by atoms with van der Waals surface area (Å²) in [5.74, 6) is 0. The first kappa shape index (κ1) is 11.7. The van der Waals surface area contributed by atoms with Gasteiger partial charge in [0.1, 0.15) is 0 Å². The van der Waals surface area contributed by atoms with E-state index in [1.54, 1.807) is 35.6 Å². The van der Waals surface area contributed by atoms with Gasteiger partial charge in [0, 0.05) is 16.1 Å². The van der Waals surface area contributed by atoms with Crippen LogP contribution < -0.4 is 0 Å². The molecule has 0 saturated carbocycles. The fraction of sp³-hybridized carbons (Fsp3) is 0.0909. The van der Waals surface area contributed by atoms with E-state index in [0.717, 1.165) is 4.88 Å². The molecule has 1 aromatic heterocycles. The number of thiophene rings is 1. The molecule has 0 spiro atoms. The predicted octanol–water partition coefficient (Wildman–Crippen LogP) is 2.99. The quantitative estimate of drug-likeness (QED) is 0.854. The molecule has 0 N–H and O–H groups in total. The molecule has 0 radical (unpaired) electrons. The van der Waals surface area contributed by atoms with Crippen LogP contribution in [0.1, 0.15) is 4.88 Å². The fourth-order valence-corrected chi connectivity index (χ4v) is 3.26. The summed E-state index contributed by atoms with van der Waals surface area (Å²) < 4.78 is 17.4. The number of hydrogen-bond acceptors (Lipinski definition) is 4. The minimum Gasteiger partial charge on any atom is -0.281 e. The lowest BCUT2D eigenvalue weighted by molar-refractivity contribution is 0.339. The Kier molecular flexibility index (Phi) is 3.70. The Morgan fingerprint density at radius 2 is 1.94 bits per heavy atom. The number of hydrogen-bond donors (Lipinski definition) is 0. The molecule has 0 bridgehead atoms. The van der Waals surface area contributed by atoms with Gasteiger partial charge < -0.3 is 0 Å². The van der Waals surface area contributed by atoms with Crippen molar-refractivity contribution in [2.75, 3.05) is 0 Å². The predicted molar refractivity (Wildman–Crippen MR) is 69.3 cm³/mol. The molecule has 0 amide bonds. The first-order chi connectivity index (χ1) is 7.68. The molecule has 2 nitrogen and oxygen atoms in total. The SMILES string of the molecule is O=S(=S)(OCc1cccs1)c1ccccc1. The van der Waals surface area contributed by atoms with Gasteiger partial charge in [-0.25, -0.2) is 4.21 Å². The average molecular weight is 270 g/mol. The average Bonchev–Trinajstić information content (AvgIpc) is 2.81. The molecular formula is C11H10O2S3. The van der Waals surface area contributed by atoms with E-state index in [0.29, 0.717) is 11.5 Å². The standard InChI is InChI=1S/C11H10O2S3/c12-16(14,11-6-2-1-3-7-11)13-9-10-5-4-8-15-10/h1-8H,9H2. The van der Waals surface area contributed by atoms with E-state index < -0.39 is 8.77 Å². The van der Waals surface area contributed by atoms with Crippen molar-refractivity contribution in [2.45, 2.75) is 11.5 Å². The van der Waals surface area contributed by atoms with Crippen molar-refractivity contribution in [1.29, 1.82) is 0 Å². The van der Waals surface area contributed by atoms with Crippen LogP contribution in [0.25, 0.3) is 0 Å². The number of benzene rings is 1. The Morgan fingerprint density at radius 1 is 1.19 bits per heavy atom. The summed E-state index contributed by atoms with van der Waals surface area (Å²) in [6.45, 7) is 0.300. The molecule has 5 heteroatoms. The van der Waals surface area contributed by atoms with Crippen LogP contribution in [-0.4, -0.2) is 4.21 Å². The molecule has 0 aliphatic rings. The topological polar surface area (TPSA) is 26.3 Å². The van der Waals surface area contributed by atoms with Crippen molar-refractivity contribution >= 4 is 31.3 Å². The molecule has 2 rings (SSSR count). The molecule has 1 heterocycles. The maximum atomic E-state index is 12.1. The first-order valence-corrected chi connectivity index (χ1v) is 7.94. The third kappa shape index (κ3) is 2.89. The summed E-state index contributed by atoms with van der Waals surface area (Å²) in [6.07, 6.45) is 0. The normalized spacial score (nSPS) is 14.5. The van der Waals surface area contributed by atoms with Gasteiger partial charge in [-0.1, -0.05) is 24.3 Å². The molecule has 2 aromatic rings. The van der Waals surface area contributed by atoms with Gasteiger partial charge in [0.05, 0.1) is 11.5 Å². The summed E-state index contributed by atoms with van der Waals surface area (Å²) in [5.41, 5.74) is 0. The highest BCUT2D eigenvalue weighted by Gasteiger charge is 2.10. The number of rotatable bonds is 4. The van der Waals surface area contributed by atoms with Crippen molar-refractivity contribution in [3.63, 3.8) is 0 Å². The lowest BCUT2D eigenvalue weighted by Gasteiger charge is -2.06. The van der Waals surface area contributed by atoms with Gasteiger partial charge in [0.2, 0.25) is 0 Å². The van der Waals surface area contributed by atoms with Crippen LogP contribution >= 0.6 is 11.3 Å². The van der Waals surface area contributed by atoms with Gasteiger partial charge in [0.25, 0.3) is 0 Å². The molecule has 0 fully saturated rings. The van der Waals surface area contributed by atoms with E-state index in [4.69, 9.17) is 15.4 Å². The third-order valence-electron chi connectivity index (χ3n) is 1.97. The summed E-state index contributed by atoms with van der Waals surface area (Å²) in [6, 6.07) is 12.8. The van der Waals surface area contributed by atoms with Crippen LogP contribution in [0, 0.1) is 0 Å². The lowest BCUT2D eigenvalue weighted by atomic mass is 10.4. The van der Waals surface area contributed by atoms with Gasteiger partial charge in [0.15, 0.2) is 8.77 Å². The van der Waals surface area contributed by atoms with E-state index >= 15 is 0 Å². The van der Waals surface area contributed by atoms with Gasteiger partial charge in [-0.05, 0) is 23.6 Å². The van der Waals surface area contributed by atoms with Crippen molar-refractivity contribution in [3.8, 4) is 0 Å². The molecular weight excluding hydrogens is 260 g/mol. The highest BCUT2D eigenvalue weighted by molar-refractivity contribution is 8.30. The Hall–Kier alpha value is -0.750. The van der Waals surface area contributed by atoms with Crippen molar-refractivity contribution < 1.29 is 8.39 Å². The summed E-state index contributed by atoms with van der Waals surface area (Å²) in [4.78, 5) is 1.58. The maximum absolute atomic E-state index is 12.1. The van der Waals surface area contributed by atoms with Crippen molar-refractivity contribution in [3.05, 3.63) is 52.7 Å². The summed E-state index contributed by atoms with van der Waals surface area (Å²) in [7, 11) is -2.80. The van der Waals surface area contributed by atoms with Crippen LogP contribution in [0.15, 0.2) is 52.7 Å². The zero-order valence-corrected chi connectivity index (χ0v) is 10.8. The maximum Gasteiger partial charge on any atom is 0.173 e. The molecule has 84 valence electrons. The summed E-state index contributed by atoms with van der Waals surface area (Å²) in [5, 5.41) is 1.95. The van der Waals surface area contributed by atoms with Gasteiger partial charge in [-0.2, -0.15) is 0 Å². The van der Waals surface area contributed by atoms with Crippen LogP contribution in [-0.2, 0) is 30.8 Å². The fourth-order valence-electron chi connectivity index (χ4n) is 1.19. The minimum atomic E-state index is -2.80. The zero-order valence-electron chi connectivity index (χ0n) is 8.37. The minimum absolute atomic E-state index is 0.300. The smallest absolute Gasteiger partial charge is 0.173 e. The van der Waals surface area contributed by atoms with Crippen LogP contribution in [0.3, 0.4) is 0 Å². The lowest BCUT2D eigenvalue weighted by Crippen LogP contribution is -2.04. The van der Waals surface area contributed by atoms with Gasteiger partial charge in [-0.15, -0.1) is 11.3 Å². The second-order valence-corrected chi connectivity index (χ2v) is 7.07. The van der Waals surface area contributed by atoms with E-state index in [-0.39, 0.29) is 0 Å². The van der Waals surface area contributed by atoms with Crippen LogP contribution in [0.2, 0.25) is 0 Å². The van der Waals surface area contributed by atoms with Gasteiger partial charge >= 0.3 is 0 Å². The Labute approximate surface area is 104 Å². The third-order valence-corrected chi connectivity index (χ3v) is 4.96. The summed E-state index contributed by atoms with van der Waals surface area (Å²) >= 11 is 6.56.